The number of aldehydes is 1. The minimum absolute atomic E-state index is 0.163. The van der Waals surface area contributed by atoms with E-state index < -0.39 is 5.97 Å². The average Bonchev–Trinajstić information content (AvgIpc) is 3.05. The SMILES string of the molecule is O=Cc1ccc(-c2ccc(Oc3cccc(C(=O)O)c3)cc2)o1. The highest BCUT2D eigenvalue weighted by atomic mass is 16.5. The molecule has 2 aromatic carbocycles. The van der Waals surface area contributed by atoms with Gasteiger partial charge in [-0.3, -0.25) is 4.79 Å². The Balaban J connectivity index is 1.78. The van der Waals surface area contributed by atoms with Crippen LogP contribution in [0.15, 0.2) is 65.1 Å². The molecule has 5 nitrogen and oxygen atoms in total. The molecule has 3 aromatic rings. The number of carbonyl (C=O) groups is 2. The molecule has 0 atom stereocenters. The molecule has 23 heavy (non-hydrogen) atoms. The van der Waals surface area contributed by atoms with Gasteiger partial charge in [0.25, 0.3) is 0 Å². The zero-order chi connectivity index (χ0) is 16.2. The van der Waals surface area contributed by atoms with E-state index in [4.69, 9.17) is 14.3 Å². The molecule has 0 bridgehead atoms. The quantitative estimate of drug-likeness (QED) is 0.713. The molecule has 5 heteroatoms. The highest BCUT2D eigenvalue weighted by Crippen LogP contribution is 2.27. The van der Waals surface area contributed by atoms with E-state index in [1.54, 1.807) is 48.5 Å². The monoisotopic (exact) mass is 308 g/mol. The van der Waals surface area contributed by atoms with E-state index >= 15 is 0 Å². The van der Waals surface area contributed by atoms with Gasteiger partial charge in [-0.2, -0.15) is 0 Å². The predicted molar refractivity (Wildman–Crippen MR) is 83.0 cm³/mol. The van der Waals surface area contributed by atoms with E-state index in [2.05, 4.69) is 0 Å². The summed E-state index contributed by atoms with van der Waals surface area (Å²) in [6, 6.07) is 16.7. The van der Waals surface area contributed by atoms with Crippen LogP contribution < -0.4 is 4.74 Å². The van der Waals surface area contributed by atoms with Gasteiger partial charge in [0.2, 0.25) is 0 Å². The predicted octanol–water partition coefficient (Wildman–Crippen LogP) is 4.25. The first-order valence-electron chi connectivity index (χ1n) is 6.82. The Hall–Kier alpha value is -3.34. The summed E-state index contributed by atoms with van der Waals surface area (Å²) in [5, 5.41) is 8.97. The lowest BCUT2D eigenvalue weighted by Gasteiger charge is -2.07. The number of ether oxygens (including phenoxy) is 1. The van der Waals surface area contributed by atoms with Gasteiger partial charge in [-0.05, 0) is 54.6 Å². The van der Waals surface area contributed by atoms with Crippen molar-refractivity contribution < 1.29 is 23.8 Å². The fourth-order valence-electron chi connectivity index (χ4n) is 2.09. The molecule has 0 unspecified atom stereocenters. The highest BCUT2D eigenvalue weighted by Gasteiger charge is 2.07. The number of carboxylic acids is 1. The van der Waals surface area contributed by atoms with Gasteiger partial charge in [-0.15, -0.1) is 0 Å². The summed E-state index contributed by atoms with van der Waals surface area (Å²) in [7, 11) is 0. The fraction of sp³-hybridized carbons (Fsp3) is 0. The zero-order valence-electron chi connectivity index (χ0n) is 11.9. The summed E-state index contributed by atoms with van der Waals surface area (Å²) in [6.45, 7) is 0. The number of benzene rings is 2. The van der Waals surface area contributed by atoms with Crippen molar-refractivity contribution in [1.82, 2.24) is 0 Å². The van der Waals surface area contributed by atoms with E-state index in [0.717, 1.165) is 5.56 Å². The smallest absolute Gasteiger partial charge is 0.335 e. The van der Waals surface area contributed by atoms with Crippen molar-refractivity contribution in [2.45, 2.75) is 0 Å². The lowest BCUT2D eigenvalue weighted by atomic mass is 10.1. The second kappa shape index (κ2) is 6.19. The van der Waals surface area contributed by atoms with Gasteiger partial charge >= 0.3 is 5.97 Å². The lowest BCUT2D eigenvalue weighted by Crippen LogP contribution is -1.96. The Bertz CT molecular complexity index is 846. The van der Waals surface area contributed by atoms with Crippen LogP contribution in [0.25, 0.3) is 11.3 Å². The molecule has 1 N–H and O–H groups in total. The van der Waals surface area contributed by atoms with Crippen LogP contribution in [0.4, 0.5) is 0 Å². The number of furan rings is 1. The highest BCUT2D eigenvalue weighted by molar-refractivity contribution is 5.88. The van der Waals surface area contributed by atoms with Crippen LogP contribution in [0.3, 0.4) is 0 Å². The van der Waals surface area contributed by atoms with Crippen molar-refractivity contribution in [3.05, 3.63) is 72.0 Å². The molecule has 0 saturated heterocycles. The second-order valence-electron chi connectivity index (χ2n) is 4.78. The number of hydrogen-bond donors (Lipinski definition) is 1. The number of hydrogen-bond acceptors (Lipinski definition) is 4. The minimum Gasteiger partial charge on any atom is -0.478 e. The molecule has 0 spiro atoms. The average molecular weight is 308 g/mol. The van der Waals surface area contributed by atoms with Crippen LogP contribution in [-0.2, 0) is 0 Å². The van der Waals surface area contributed by atoms with Crippen molar-refractivity contribution in [3.8, 4) is 22.8 Å². The van der Waals surface area contributed by atoms with Crippen molar-refractivity contribution in [1.29, 1.82) is 0 Å². The molecule has 0 radical (unpaired) electrons. The summed E-state index contributed by atoms with van der Waals surface area (Å²) >= 11 is 0. The first-order chi connectivity index (χ1) is 11.2. The number of rotatable bonds is 5. The summed E-state index contributed by atoms with van der Waals surface area (Å²) in [6.07, 6.45) is 0.649. The van der Waals surface area contributed by atoms with Gasteiger partial charge < -0.3 is 14.3 Å². The van der Waals surface area contributed by atoms with Crippen LogP contribution in [0.2, 0.25) is 0 Å². The summed E-state index contributed by atoms with van der Waals surface area (Å²) in [4.78, 5) is 21.6. The molecule has 114 valence electrons. The Kier molecular flexibility index (Phi) is 3.93. The molecule has 3 rings (SSSR count). The summed E-state index contributed by atoms with van der Waals surface area (Å²) in [5.74, 6) is 0.865. The molecule has 0 saturated carbocycles. The standard InChI is InChI=1S/C18H12O5/c19-11-16-8-9-17(23-16)12-4-6-14(7-5-12)22-15-3-1-2-13(10-15)18(20)21/h1-11H,(H,20,21). The van der Waals surface area contributed by atoms with Gasteiger partial charge in [0, 0.05) is 5.56 Å². The van der Waals surface area contributed by atoms with Gasteiger partial charge in [-0.1, -0.05) is 6.07 Å². The molecule has 0 fully saturated rings. The third-order valence-electron chi connectivity index (χ3n) is 3.20. The van der Waals surface area contributed by atoms with Gasteiger partial charge in [-0.25, -0.2) is 4.79 Å². The third-order valence-corrected chi connectivity index (χ3v) is 3.20. The topological polar surface area (TPSA) is 76.7 Å². The van der Waals surface area contributed by atoms with Crippen molar-refractivity contribution in [2.75, 3.05) is 0 Å². The molecular weight excluding hydrogens is 296 g/mol. The maximum absolute atomic E-state index is 10.9. The van der Waals surface area contributed by atoms with E-state index in [9.17, 15) is 9.59 Å². The van der Waals surface area contributed by atoms with Crippen LogP contribution >= 0.6 is 0 Å². The molecule has 0 aliphatic carbocycles. The number of carboxylic acid groups (broad SMARTS) is 1. The molecule has 0 aliphatic rings. The van der Waals surface area contributed by atoms with E-state index in [1.807, 2.05) is 0 Å². The van der Waals surface area contributed by atoms with Crippen LogP contribution in [0.5, 0.6) is 11.5 Å². The fourth-order valence-corrected chi connectivity index (χ4v) is 2.09. The first-order valence-corrected chi connectivity index (χ1v) is 6.82. The summed E-state index contributed by atoms with van der Waals surface area (Å²) in [5.41, 5.74) is 0.973. The van der Waals surface area contributed by atoms with Crippen molar-refractivity contribution >= 4 is 12.3 Å². The van der Waals surface area contributed by atoms with E-state index in [-0.39, 0.29) is 11.3 Å². The Morgan fingerprint density at radius 3 is 2.43 bits per heavy atom. The summed E-state index contributed by atoms with van der Waals surface area (Å²) < 4.78 is 11.0. The minimum atomic E-state index is -1.01. The van der Waals surface area contributed by atoms with Crippen LogP contribution in [0.1, 0.15) is 20.9 Å². The molecule has 0 aliphatic heterocycles. The van der Waals surface area contributed by atoms with Gasteiger partial charge in [0.1, 0.15) is 17.3 Å². The Morgan fingerprint density at radius 2 is 1.78 bits per heavy atom. The normalized spacial score (nSPS) is 10.3. The van der Waals surface area contributed by atoms with Crippen molar-refractivity contribution in [3.63, 3.8) is 0 Å². The van der Waals surface area contributed by atoms with Crippen molar-refractivity contribution in [2.24, 2.45) is 0 Å². The lowest BCUT2D eigenvalue weighted by molar-refractivity contribution is 0.0696. The van der Waals surface area contributed by atoms with E-state index in [1.165, 1.54) is 12.1 Å². The number of aromatic carboxylic acids is 1. The van der Waals surface area contributed by atoms with E-state index in [0.29, 0.717) is 23.5 Å². The molecular formula is C18H12O5. The zero-order valence-corrected chi connectivity index (χ0v) is 11.9. The molecule has 0 amide bonds. The van der Waals surface area contributed by atoms with Gasteiger partial charge in [0.15, 0.2) is 12.0 Å². The molecule has 1 heterocycles. The Morgan fingerprint density at radius 1 is 1.00 bits per heavy atom. The number of carbonyl (C=O) groups excluding carboxylic acids is 1. The maximum atomic E-state index is 10.9. The largest absolute Gasteiger partial charge is 0.478 e. The first kappa shape index (κ1) is 14.6. The van der Waals surface area contributed by atoms with Crippen LogP contribution in [0, 0.1) is 0 Å². The van der Waals surface area contributed by atoms with Crippen LogP contribution in [-0.4, -0.2) is 17.4 Å². The second-order valence-corrected chi connectivity index (χ2v) is 4.78. The maximum Gasteiger partial charge on any atom is 0.335 e. The van der Waals surface area contributed by atoms with Gasteiger partial charge in [0.05, 0.1) is 5.56 Å². The molecule has 1 aromatic heterocycles. The third kappa shape index (κ3) is 3.29. The Labute approximate surface area is 131 Å².